The number of nitrogens with one attached hydrogen (secondary N) is 1. The lowest BCUT2D eigenvalue weighted by Crippen LogP contribution is -2.25. The minimum atomic E-state index is -0.473. The topological polar surface area (TPSA) is 47.6 Å². The van der Waals surface area contributed by atoms with Crippen LogP contribution in [-0.4, -0.2) is 24.7 Å². The van der Waals surface area contributed by atoms with Crippen LogP contribution in [0.1, 0.15) is 25.8 Å². The largest absolute Gasteiger partial charge is 0.478 e. The zero-order valence-corrected chi connectivity index (χ0v) is 12.7. The maximum absolute atomic E-state index is 11.5. The second-order valence-corrected chi connectivity index (χ2v) is 5.77. The van der Waals surface area contributed by atoms with Crippen LogP contribution in [0.3, 0.4) is 0 Å². The number of cyclic esters (lactones) is 1. The monoisotopic (exact) mass is 327 g/mol. The molecule has 19 heavy (non-hydrogen) atoms. The van der Waals surface area contributed by atoms with Crippen LogP contribution in [0, 0.1) is 0 Å². The van der Waals surface area contributed by atoms with Gasteiger partial charge >= 0.3 is 5.97 Å². The number of benzene rings is 1. The van der Waals surface area contributed by atoms with E-state index < -0.39 is 6.10 Å². The average Bonchev–Trinajstić information content (AvgIpc) is 2.75. The van der Waals surface area contributed by atoms with Gasteiger partial charge in [-0.2, -0.15) is 0 Å². The fourth-order valence-electron chi connectivity index (χ4n) is 1.85. The second kappa shape index (κ2) is 6.39. The molecule has 1 aromatic carbocycles. The molecule has 2 rings (SSSR count). The van der Waals surface area contributed by atoms with Crippen molar-refractivity contribution in [1.82, 2.24) is 5.32 Å². The van der Waals surface area contributed by atoms with Crippen LogP contribution >= 0.6 is 15.9 Å². The van der Waals surface area contributed by atoms with Gasteiger partial charge in [-0.15, -0.1) is 0 Å². The Bertz CT molecular complexity index is 462. The molecule has 0 spiro atoms. The van der Waals surface area contributed by atoms with Gasteiger partial charge < -0.3 is 14.8 Å². The van der Waals surface area contributed by atoms with Crippen LogP contribution < -0.4 is 10.1 Å². The van der Waals surface area contributed by atoms with Crippen LogP contribution in [0.25, 0.3) is 0 Å². The molecular weight excluding hydrogens is 310 g/mol. The molecule has 1 aromatic rings. The fraction of sp³-hybridized carbons (Fsp3) is 0.500. The number of ether oxygens (including phenoxy) is 2. The molecule has 0 bridgehead atoms. The first kappa shape index (κ1) is 14.3. The van der Waals surface area contributed by atoms with Crippen molar-refractivity contribution in [2.24, 2.45) is 0 Å². The highest BCUT2D eigenvalue weighted by Crippen LogP contribution is 2.26. The van der Waals surface area contributed by atoms with E-state index >= 15 is 0 Å². The van der Waals surface area contributed by atoms with E-state index in [1.54, 1.807) is 0 Å². The summed E-state index contributed by atoms with van der Waals surface area (Å²) in [6.07, 6.45) is 0.144. The Balaban J connectivity index is 2.11. The molecule has 1 aliphatic heterocycles. The van der Waals surface area contributed by atoms with Crippen molar-refractivity contribution in [1.29, 1.82) is 0 Å². The zero-order chi connectivity index (χ0) is 13.8. The van der Waals surface area contributed by atoms with Crippen molar-refractivity contribution >= 4 is 21.9 Å². The van der Waals surface area contributed by atoms with Crippen molar-refractivity contribution in [2.75, 3.05) is 6.61 Å². The van der Waals surface area contributed by atoms with Gasteiger partial charge in [0, 0.05) is 29.0 Å². The Labute approximate surface area is 121 Å². The van der Waals surface area contributed by atoms with E-state index in [0.717, 1.165) is 15.8 Å². The van der Waals surface area contributed by atoms with Gasteiger partial charge in [-0.05, 0) is 18.2 Å². The first-order chi connectivity index (χ1) is 9.06. The summed E-state index contributed by atoms with van der Waals surface area (Å²) in [6.45, 7) is 5.33. The van der Waals surface area contributed by atoms with Crippen molar-refractivity contribution in [2.45, 2.75) is 39.0 Å². The summed E-state index contributed by atoms with van der Waals surface area (Å²) in [7, 11) is 0. The van der Waals surface area contributed by atoms with E-state index in [2.05, 4.69) is 35.1 Å². The quantitative estimate of drug-likeness (QED) is 0.844. The molecule has 0 radical (unpaired) electrons. The summed E-state index contributed by atoms with van der Waals surface area (Å²) in [5, 5.41) is 3.35. The Morgan fingerprint density at radius 3 is 2.95 bits per heavy atom. The molecule has 1 heterocycles. The van der Waals surface area contributed by atoms with Gasteiger partial charge in [0.2, 0.25) is 0 Å². The van der Waals surface area contributed by atoms with Gasteiger partial charge in [-0.3, -0.25) is 0 Å². The van der Waals surface area contributed by atoms with E-state index in [1.807, 2.05) is 18.2 Å². The molecule has 0 amide bonds. The Hall–Kier alpha value is -1.07. The number of halogens is 1. The van der Waals surface area contributed by atoms with Gasteiger partial charge in [0.1, 0.15) is 5.75 Å². The van der Waals surface area contributed by atoms with Crippen LogP contribution in [0.2, 0.25) is 0 Å². The lowest BCUT2D eigenvalue weighted by Gasteiger charge is -2.16. The molecule has 104 valence electrons. The first-order valence-electron chi connectivity index (χ1n) is 6.41. The third-order valence-electron chi connectivity index (χ3n) is 2.88. The molecule has 1 saturated heterocycles. The van der Waals surface area contributed by atoms with Crippen molar-refractivity contribution in [3.63, 3.8) is 0 Å². The molecule has 0 saturated carbocycles. The van der Waals surface area contributed by atoms with Crippen molar-refractivity contribution < 1.29 is 14.3 Å². The number of hydrogen-bond acceptors (Lipinski definition) is 4. The van der Waals surface area contributed by atoms with Gasteiger partial charge in [0.05, 0.1) is 6.61 Å². The maximum Gasteiger partial charge on any atom is 0.347 e. The number of hydrogen-bond donors (Lipinski definition) is 1. The van der Waals surface area contributed by atoms with Gasteiger partial charge in [0.15, 0.2) is 6.10 Å². The zero-order valence-electron chi connectivity index (χ0n) is 11.1. The van der Waals surface area contributed by atoms with Gasteiger partial charge in [-0.25, -0.2) is 4.79 Å². The molecule has 0 aromatic heterocycles. The number of carbonyl (C=O) groups excluding carboxylic acids is 1. The SMILES string of the molecule is CC(C)NCc1cc(Br)ccc1OC1CCOC1=O. The van der Waals surface area contributed by atoms with Crippen molar-refractivity contribution in [3.8, 4) is 5.75 Å². The molecule has 4 nitrogen and oxygen atoms in total. The number of carbonyl (C=O) groups is 1. The fourth-order valence-corrected chi connectivity index (χ4v) is 2.26. The highest BCUT2D eigenvalue weighted by atomic mass is 79.9. The molecule has 1 unspecified atom stereocenters. The first-order valence-corrected chi connectivity index (χ1v) is 7.20. The summed E-state index contributed by atoms with van der Waals surface area (Å²) in [6, 6.07) is 6.19. The molecular formula is C14H18BrNO3. The van der Waals surface area contributed by atoms with Crippen LogP contribution in [0.15, 0.2) is 22.7 Å². The Morgan fingerprint density at radius 2 is 2.32 bits per heavy atom. The summed E-state index contributed by atoms with van der Waals surface area (Å²) in [5.74, 6) is 0.464. The lowest BCUT2D eigenvalue weighted by atomic mass is 10.2. The Morgan fingerprint density at radius 1 is 1.53 bits per heavy atom. The summed E-state index contributed by atoms with van der Waals surface area (Å²) >= 11 is 3.45. The van der Waals surface area contributed by atoms with Crippen LogP contribution in [-0.2, 0) is 16.1 Å². The molecule has 1 aliphatic rings. The van der Waals surface area contributed by atoms with Crippen molar-refractivity contribution in [3.05, 3.63) is 28.2 Å². The summed E-state index contributed by atoms with van der Waals surface area (Å²) < 4.78 is 11.7. The van der Waals surface area contributed by atoms with Crippen LogP contribution in [0.4, 0.5) is 0 Å². The normalized spacial score (nSPS) is 18.7. The smallest absolute Gasteiger partial charge is 0.347 e. The molecule has 0 aliphatic carbocycles. The molecule has 1 atom stereocenters. The minimum absolute atomic E-state index is 0.273. The summed E-state index contributed by atoms with van der Waals surface area (Å²) in [4.78, 5) is 11.5. The highest BCUT2D eigenvalue weighted by Gasteiger charge is 2.29. The molecule has 1 N–H and O–H groups in total. The second-order valence-electron chi connectivity index (χ2n) is 4.85. The maximum atomic E-state index is 11.5. The minimum Gasteiger partial charge on any atom is -0.478 e. The molecule has 5 heteroatoms. The van der Waals surface area contributed by atoms with Gasteiger partial charge in [-0.1, -0.05) is 29.8 Å². The average molecular weight is 328 g/mol. The summed E-state index contributed by atoms with van der Waals surface area (Å²) in [5.41, 5.74) is 1.03. The predicted octanol–water partition coefficient (Wildman–Crippen LogP) is 2.64. The number of esters is 1. The van der Waals surface area contributed by atoms with E-state index in [4.69, 9.17) is 9.47 Å². The third kappa shape index (κ3) is 3.94. The number of rotatable bonds is 5. The standard InChI is InChI=1S/C14H18BrNO3/c1-9(2)16-8-10-7-11(15)3-4-12(10)19-13-5-6-18-14(13)17/h3-4,7,9,13,16H,5-6,8H2,1-2H3. The molecule has 1 fully saturated rings. The lowest BCUT2D eigenvalue weighted by molar-refractivity contribution is -0.143. The van der Waals surface area contributed by atoms with Crippen LogP contribution in [0.5, 0.6) is 5.75 Å². The van der Waals surface area contributed by atoms with Gasteiger partial charge in [0.25, 0.3) is 0 Å². The van der Waals surface area contributed by atoms with E-state index in [1.165, 1.54) is 0 Å². The van der Waals surface area contributed by atoms with E-state index in [9.17, 15) is 4.79 Å². The van der Waals surface area contributed by atoms with E-state index in [0.29, 0.717) is 25.6 Å². The predicted molar refractivity (Wildman–Crippen MR) is 76.1 cm³/mol. The van der Waals surface area contributed by atoms with E-state index in [-0.39, 0.29) is 5.97 Å². The Kier molecular flexibility index (Phi) is 4.82. The third-order valence-corrected chi connectivity index (χ3v) is 3.37. The highest BCUT2D eigenvalue weighted by molar-refractivity contribution is 9.10.